The Labute approximate surface area is 164 Å². The molecule has 136 valence electrons. The van der Waals surface area contributed by atoms with Gasteiger partial charge in [0.2, 0.25) is 0 Å². The lowest BCUT2D eigenvalue weighted by Crippen LogP contribution is -2.39. The van der Waals surface area contributed by atoms with E-state index in [0.29, 0.717) is 15.9 Å². The van der Waals surface area contributed by atoms with Crippen LogP contribution < -0.4 is 10.1 Å². The van der Waals surface area contributed by atoms with Crippen molar-refractivity contribution < 1.29 is 4.74 Å². The summed E-state index contributed by atoms with van der Waals surface area (Å²) in [5.41, 5.74) is 3.18. The predicted octanol–water partition coefficient (Wildman–Crippen LogP) is 5.44. The maximum atomic E-state index is 6.21. The second-order valence-corrected chi connectivity index (χ2v) is 7.15. The van der Waals surface area contributed by atoms with Gasteiger partial charge in [-0.3, -0.25) is 0 Å². The van der Waals surface area contributed by atoms with Crippen molar-refractivity contribution in [2.24, 2.45) is 0 Å². The van der Waals surface area contributed by atoms with Gasteiger partial charge in [-0.2, -0.15) is 0 Å². The smallest absolute Gasteiger partial charge is 0.173 e. The Morgan fingerprint density at radius 1 is 1.27 bits per heavy atom. The topological polar surface area (TPSA) is 40.3 Å². The first-order valence-corrected chi connectivity index (χ1v) is 9.24. The third-order valence-corrected chi connectivity index (χ3v) is 4.93. The van der Waals surface area contributed by atoms with E-state index >= 15 is 0 Å². The average Bonchev–Trinajstić information content (AvgIpc) is 3.02. The number of para-hydroxylation sites is 1. The third kappa shape index (κ3) is 3.94. The van der Waals surface area contributed by atoms with Gasteiger partial charge < -0.3 is 19.9 Å². The third-order valence-electron chi connectivity index (χ3n) is 4.30. The fraction of sp³-hybridized carbons (Fsp3) is 0.250. The molecule has 0 radical (unpaired) electrons. The van der Waals surface area contributed by atoms with Crippen molar-refractivity contribution in [3.63, 3.8) is 0 Å². The zero-order chi connectivity index (χ0) is 18.7. The molecule has 1 heterocycles. The number of thiocarbonyl (C=S) groups is 1. The van der Waals surface area contributed by atoms with Gasteiger partial charge in [0.05, 0.1) is 12.1 Å². The van der Waals surface area contributed by atoms with E-state index in [1.54, 1.807) is 7.11 Å². The zero-order valence-corrected chi connectivity index (χ0v) is 16.6. The van der Waals surface area contributed by atoms with E-state index in [4.69, 9.17) is 28.6 Å². The number of benzene rings is 2. The molecule has 3 rings (SSSR count). The van der Waals surface area contributed by atoms with Gasteiger partial charge in [-0.25, -0.2) is 0 Å². The number of nitrogens with zero attached hydrogens (tertiary/aromatic N) is 1. The number of aromatic nitrogens is 1. The van der Waals surface area contributed by atoms with Gasteiger partial charge in [0.1, 0.15) is 5.75 Å². The molecular weight excluding hydrogens is 366 g/mol. The Morgan fingerprint density at radius 3 is 2.73 bits per heavy atom. The highest BCUT2D eigenvalue weighted by Gasteiger charge is 2.16. The normalized spacial score (nSPS) is 11.0. The molecule has 0 saturated heterocycles. The summed E-state index contributed by atoms with van der Waals surface area (Å²) < 4.78 is 5.20. The minimum Gasteiger partial charge on any atom is -0.495 e. The first-order chi connectivity index (χ1) is 12.5. The highest BCUT2D eigenvalue weighted by molar-refractivity contribution is 7.80. The summed E-state index contributed by atoms with van der Waals surface area (Å²) in [6.45, 7) is 4.98. The summed E-state index contributed by atoms with van der Waals surface area (Å²) in [5.74, 6) is 0.641. The number of halogens is 1. The van der Waals surface area contributed by atoms with Crippen molar-refractivity contribution in [2.75, 3.05) is 12.4 Å². The number of hydrogen-bond donors (Lipinski definition) is 2. The van der Waals surface area contributed by atoms with Gasteiger partial charge in [-0.1, -0.05) is 29.8 Å². The first-order valence-electron chi connectivity index (χ1n) is 8.45. The van der Waals surface area contributed by atoms with Gasteiger partial charge >= 0.3 is 0 Å². The molecule has 0 bridgehead atoms. The van der Waals surface area contributed by atoms with Crippen LogP contribution in [0.4, 0.5) is 5.69 Å². The van der Waals surface area contributed by atoms with E-state index in [1.807, 2.05) is 30.5 Å². The summed E-state index contributed by atoms with van der Waals surface area (Å²) >= 11 is 11.9. The van der Waals surface area contributed by atoms with E-state index in [1.165, 1.54) is 10.9 Å². The van der Waals surface area contributed by atoms with Gasteiger partial charge in [0.25, 0.3) is 0 Å². The SMILES string of the molecule is COc1ccc(NC(=S)N(Cc2c[nH]c3ccccc23)C(C)C)cc1Cl. The fourth-order valence-corrected chi connectivity index (χ4v) is 3.53. The highest BCUT2D eigenvalue weighted by atomic mass is 35.5. The fourth-order valence-electron chi connectivity index (χ4n) is 2.87. The number of H-pyrrole nitrogens is 1. The number of ether oxygens (including phenoxy) is 1. The molecule has 0 aliphatic carbocycles. The molecule has 3 aromatic rings. The van der Waals surface area contributed by atoms with Crippen LogP contribution in [0, 0.1) is 0 Å². The molecule has 4 nitrogen and oxygen atoms in total. The van der Waals surface area contributed by atoms with Gasteiger partial charge in [-0.15, -0.1) is 0 Å². The molecule has 0 fully saturated rings. The molecule has 2 N–H and O–H groups in total. The molecule has 0 atom stereocenters. The number of aromatic amines is 1. The van der Waals surface area contributed by atoms with Crippen LogP contribution in [-0.4, -0.2) is 28.1 Å². The lowest BCUT2D eigenvalue weighted by molar-refractivity contribution is 0.349. The second kappa shape index (κ2) is 7.98. The number of nitrogens with one attached hydrogen (secondary N) is 2. The molecular formula is C20H22ClN3OS. The Bertz CT molecular complexity index is 922. The van der Waals surface area contributed by atoms with Gasteiger partial charge in [-0.05, 0) is 55.9 Å². The number of fused-ring (bicyclic) bond motifs is 1. The number of anilines is 1. The Hall–Kier alpha value is -2.24. The van der Waals surface area contributed by atoms with Crippen LogP contribution in [0.15, 0.2) is 48.7 Å². The maximum absolute atomic E-state index is 6.21. The van der Waals surface area contributed by atoms with E-state index < -0.39 is 0 Å². The summed E-state index contributed by atoms with van der Waals surface area (Å²) in [7, 11) is 1.60. The summed E-state index contributed by atoms with van der Waals surface area (Å²) in [5, 5.41) is 5.71. The van der Waals surface area contributed by atoms with Crippen LogP contribution in [0.5, 0.6) is 5.75 Å². The molecule has 0 aliphatic rings. The Balaban J connectivity index is 1.79. The van der Waals surface area contributed by atoms with Crippen molar-refractivity contribution in [2.45, 2.75) is 26.4 Å². The molecule has 6 heteroatoms. The van der Waals surface area contributed by atoms with E-state index in [-0.39, 0.29) is 6.04 Å². The van der Waals surface area contributed by atoms with E-state index in [0.717, 1.165) is 17.7 Å². The predicted molar refractivity (Wildman–Crippen MR) is 113 cm³/mol. The monoisotopic (exact) mass is 387 g/mol. The van der Waals surface area contributed by atoms with Crippen molar-refractivity contribution in [1.29, 1.82) is 0 Å². The number of methoxy groups -OCH3 is 1. The molecule has 0 unspecified atom stereocenters. The van der Waals surface area contributed by atoms with Crippen molar-refractivity contribution in [3.05, 3.63) is 59.2 Å². The summed E-state index contributed by atoms with van der Waals surface area (Å²) in [6, 6.07) is 14.1. The summed E-state index contributed by atoms with van der Waals surface area (Å²) in [6.07, 6.45) is 2.05. The van der Waals surface area contributed by atoms with Crippen LogP contribution in [-0.2, 0) is 6.54 Å². The van der Waals surface area contributed by atoms with Crippen LogP contribution in [0.1, 0.15) is 19.4 Å². The quantitative estimate of drug-likeness (QED) is 0.572. The average molecular weight is 388 g/mol. The van der Waals surface area contributed by atoms with Crippen molar-refractivity contribution in [1.82, 2.24) is 9.88 Å². The van der Waals surface area contributed by atoms with Gasteiger partial charge in [0.15, 0.2) is 5.11 Å². The molecule has 0 aliphatic heterocycles. The van der Waals surface area contributed by atoms with Crippen molar-refractivity contribution >= 4 is 45.5 Å². The lowest BCUT2D eigenvalue weighted by Gasteiger charge is -2.29. The maximum Gasteiger partial charge on any atom is 0.173 e. The molecule has 0 spiro atoms. The molecule has 0 saturated carbocycles. The Kier molecular flexibility index (Phi) is 5.69. The largest absolute Gasteiger partial charge is 0.495 e. The molecule has 1 aromatic heterocycles. The van der Waals surface area contributed by atoms with Crippen LogP contribution in [0.2, 0.25) is 5.02 Å². The number of hydrogen-bond acceptors (Lipinski definition) is 2. The first kappa shape index (κ1) is 18.5. The minimum atomic E-state index is 0.248. The van der Waals surface area contributed by atoms with E-state index in [2.05, 4.69) is 47.2 Å². The summed E-state index contributed by atoms with van der Waals surface area (Å²) in [4.78, 5) is 5.48. The van der Waals surface area contributed by atoms with Crippen LogP contribution in [0.3, 0.4) is 0 Å². The zero-order valence-electron chi connectivity index (χ0n) is 15.0. The second-order valence-electron chi connectivity index (χ2n) is 6.36. The molecule has 0 amide bonds. The van der Waals surface area contributed by atoms with Crippen molar-refractivity contribution in [3.8, 4) is 5.75 Å². The van der Waals surface area contributed by atoms with Crippen LogP contribution in [0.25, 0.3) is 10.9 Å². The standard InChI is InChI=1S/C20H22ClN3OS/c1-13(2)24(12-14-11-22-18-7-5-4-6-16(14)18)20(26)23-15-8-9-19(25-3)17(21)10-15/h4-11,13,22H,12H2,1-3H3,(H,23,26). The lowest BCUT2D eigenvalue weighted by atomic mass is 10.1. The molecule has 26 heavy (non-hydrogen) atoms. The van der Waals surface area contributed by atoms with E-state index in [9.17, 15) is 0 Å². The Morgan fingerprint density at radius 2 is 2.04 bits per heavy atom. The van der Waals surface area contributed by atoms with Crippen LogP contribution >= 0.6 is 23.8 Å². The number of rotatable bonds is 5. The van der Waals surface area contributed by atoms with Gasteiger partial charge in [0, 0.05) is 35.4 Å². The molecule has 2 aromatic carbocycles. The highest BCUT2D eigenvalue weighted by Crippen LogP contribution is 2.28. The minimum absolute atomic E-state index is 0.248.